The second-order valence-corrected chi connectivity index (χ2v) is 6.67. The van der Waals surface area contributed by atoms with Crippen molar-refractivity contribution >= 4 is 17.5 Å². The molecule has 0 N–H and O–H groups in total. The van der Waals surface area contributed by atoms with Crippen LogP contribution in [0.3, 0.4) is 0 Å². The van der Waals surface area contributed by atoms with Crippen LogP contribution < -0.4 is 0 Å². The highest BCUT2D eigenvalue weighted by Crippen LogP contribution is 2.18. The molecule has 0 aromatic heterocycles. The smallest absolute Gasteiger partial charge is 0.257 e. The summed E-state index contributed by atoms with van der Waals surface area (Å²) in [7, 11) is 0. The maximum atomic E-state index is 13.8. The lowest BCUT2D eigenvalue weighted by atomic mass is 10.1. The highest BCUT2D eigenvalue weighted by Gasteiger charge is 2.26. The summed E-state index contributed by atoms with van der Waals surface area (Å²) in [5.74, 6) is -4.96. The zero-order valence-electron chi connectivity index (χ0n) is 14.0. The summed E-state index contributed by atoms with van der Waals surface area (Å²) in [6.07, 6.45) is 0.864. The molecule has 0 aliphatic carbocycles. The molecule has 7 heteroatoms. The first-order chi connectivity index (χ1) is 12.5. The Kier molecular flexibility index (Phi) is 5.84. The van der Waals surface area contributed by atoms with Gasteiger partial charge in [0.15, 0.2) is 17.5 Å². The van der Waals surface area contributed by atoms with Crippen molar-refractivity contribution in [2.45, 2.75) is 6.42 Å². The van der Waals surface area contributed by atoms with Gasteiger partial charge in [-0.15, -0.1) is 0 Å². The van der Waals surface area contributed by atoms with Gasteiger partial charge in [-0.05, 0) is 36.2 Å². The second-order valence-electron chi connectivity index (χ2n) is 6.23. The van der Waals surface area contributed by atoms with E-state index in [1.807, 2.05) is 24.3 Å². The van der Waals surface area contributed by atoms with E-state index in [4.69, 9.17) is 11.6 Å². The summed E-state index contributed by atoms with van der Waals surface area (Å²) in [4.78, 5) is 16.0. The molecule has 1 fully saturated rings. The van der Waals surface area contributed by atoms with Crippen molar-refractivity contribution in [2.24, 2.45) is 0 Å². The number of carbonyl (C=O) groups excluding carboxylic acids is 1. The number of benzene rings is 2. The Morgan fingerprint density at radius 1 is 0.923 bits per heavy atom. The minimum Gasteiger partial charge on any atom is -0.336 e. The lowest BCUT2D eigenvalue weighted by Crippen LogP contribution is -2.49. The molecule has 0 unspecified atom stereocenters. The third-order valence-electron chi connectivity index (χ3n) is 4.56. The molecule has 0 saturated carbocycles. The molecule has 1 heterocycles. The number of nitrogens with zero attached hydrogens (tertiary/aromatic N) is 2. The van der Waals surface area contributed by atoms with E-state index in [1.165, 1.54) is 10.5 Å². The Balaban J connectivity index is 1.54. The molecule has 0 spiro atoms. The van der Waals surface area contributed by atoms with E-state index in [-0.39, 0.29) is 0 Å². The molecule has 3 nitrogen and oxygen atoms in total. The number of carbonyl (C=O) groups is 1. The molecule has 3 rings (SSSR count). The van der Waals surface area contributed by atoms with E-state index in [1.54, 1.807) is 0 Å². The van der Waals surface area contributed by atoms with Crippen LogP contribution in [0.5, 0.6) is 0 Å². The molecule has 1 aliphatic rings. The third-order valence-corrected chi connectivity index (χ3v) is 4.81. The fraction of sp³-hybridized carbons (Fsp3) is 0.316. The third kappa shape index (κ3) is 4.19. The first-order valence-corrected chi connectivity index (χ1v) is 8.73. The number of piperazine rings is 1. The normalized spacial score (nSPS) is 15.3. The standard InChI is InChI=1S/C19H18ClF3N2O/c20-14-3-1-13(2-4-14)7-8-24-9-11-25(12-10-24)19(26)15-5-6-16(21)18(23)17(15)22/h1-6H,7-12H2. The van der Waals surface area contributed by atoms with E-state index in [9.17, 15) is 18.0 Å². The Bertz CT molecular complexity index is 790. The Hall–Kier alpha value is -2.05. The van der Waals surface area contributed by atoms with Gasteiger partial charge in [-0.25, -0.2) is 13.2 Å². The lowest BCUT2D eigenvalue weighted by Gasteiger charge is -2.34. The van der Waals surface area contributed by atoms with Crippen molar-refractivity contribution in [3.05, 3.63) is 70.0 Å². The Labute approximate surface area is 155 Å². The van der Waals surface area contributed by atoms with Gasteiger partial charge in [-0.1, -0.05) is 23.7 Å². The number of halogens is 4. The van der Waals surface area contributed by atoms with Crippen LogP contribution in [0.25, 0.3) is 0 Å². The molecule has 138 valence electrons. The fourth-order valence-corrected chi connectivity index (χ4v) is 3.10. The van der Waals surface area contributed by atoms with Crippen molar-refractivity contribution in [2.75, 3.05) is 32.7 Å². The maximum absolute atomic E-state index is 13.8. The van der Waals surface area contributed by atoms with Gasteiger partial charge in [0, 0.05) is 37.7 Å². The minimum absolute atomic E-state index is 0.415. The molecule has 0 bridgehead atoms. The predicted molar refractivity (Wildman–Crippen MR) is 93.8 cm³/mol. The highest BCUT2D eigenvalue weighted by molar-refractivity contribution is 6.30. The van der Waals surface area contributed by atoms with Crippen LogP contribution in [0.2, 0.25) is 5.02 Å². The van der Waals surface area contributed by atoms with E-state index in [2.05, 4.69) is 4.90 Å². The zero-order chi connectivity index (χ0) is 18.7. The molecule has 1 saturated heterocycles. The molecular formula is C19H18ClF3N2O. The highest BCUT2D eigenvalue weighted by atomic mass is 35.5. The molecule has 1 amide bonds. The van der Waals surface area contributed by atoms with Crippen molar-refractivity contribution in [1.29, 1.82) is 0 Å². The van der Waals surface area contributed by atoms with Crippen molar-refractivity contribution in [3.8, 4) is 0 Å². The van der Waals surface area contributed by atoms with Gasteiger partial charge in [0.2, 0.25) is 0 Å². The number of hydrogen-bond donors (Lipinski definition) is 0. The van der Waals surface area contributed by atoms with Crippen molar-refractivity contribution in [3.63, 3.8) is 0 Å². The van der Waals surface area contributed by atoms with Crippen LogP contribution in [0.1, 0.15) is 15.9 Å². The zero-order valence-corrected chi connectivity index (χ0v) is 14.8. The van der Waals surface area contributed by atoms with E-state index in [0.717, 1.165) is 25.1 Å². The fourth-order valence-electron chi connectivity index (χ4n) is 2.97. The molecule has 0 radical (unpaired) electrons. The van der Waals surface area contributed by atoms with E-state index >= 15 is 0 Å². The van der Waals surface area contributed by atoms with Crippen LogP contribution in [0.15, 0.2) is 36.4 Å². The van der Waals surface area contributed by atoms with Gasteiger partial charge >= 0.3 is 0 Å². The lowest BCUT2D eigenvalue weighted by molar-refractivity contribution is 0.0632. The summed E-state index contributed by atoms with van der Waals surface area (Å²) in [5, 5.41) is 0.699. The van der Waals surface area contributed by atoms with Gasteiger partial charge in [-0.2, -0.15) is 0 Å². The van der Waals surface area contributed by atoms with Gasteiger partial charge in [0.1, 0.15) is 0 Å². The first kappa shape index (κ1) is 18.7. The summed E-state index contributed by atoms with van der Waals surface area (Å²) < 4.78 is 40.1. The average Bonchev–Trinajstić information content (AvgIpc) is 2.66. The quantitative estimate of drug-likeness (QED) is 0.752. The van der Waals surface area contributed by atoms with Crippen LogP contribution in [-0.4, -0.2) is 48.4 Å². The largest absolute Gasteiger partial charge is 0.336 e. The predicted octanol–water partition coefficient (Wildman–Crippen LogP) is 3.76. The summed E-state index contributed by atoms with van der Waals surface area (Å²) in [5.41, 5.74) is 0.746. The number of rotatable bonds is 4. The molecule has 2 aromatic carbocycles. The Morgan fingerprint density at radius 2 is 1.58 bits per heavy atom. The minimum atomic E-state index is -1.61. The van der Waals surface area contributed by atoms with Gasteiger partial charge in [-0.3, -0.25) is 9.69 Å². The van der Waals surface area contributed by atoms with Crippen molar-refractivity contribution in [1.82, 2.24) is 9.80 Å². The second kappa shape index (κ2) is 8.10. The molecule has 0 atom stereocenters. The molecule has 2 aromatic rings. The monoisotopic (exact) mass is 382 g/mol. The SMILES string of the molecule is O=C(c1ccc(F)c(F)c1F)N1CCN(CCc2ccc(Cl)cc2)CC1. The van der Waals surface area contributed by atoms with Crippen LogP contribution in [-0.2, 0) is 6.42 Å². The molecular weight excluding hydrogens is 365 g/mol. The summed E-state index contributed by atoms with van der Waals surface area (Å²) in [6.45, 7) is 2.95. The number of hydrogen-bond acceptors (Lipinski definition) is 2. The number of amides is 1. The van der Waals surface area contributed by atoms with Crippen LogP contribution in [0, 0.1) is 17.5 Å². The van der Waals surface area contributed by atoms with E-state index in [0.29, 0.717) is 31.2 Å². The Morgan fingerprint density at radius 3 is 2.23 bits per heavy atom. The maximum Gasteiger partial charge on any atom is 0.257 e. The van der Waals surface area contributed by atoms with Crippen molar-refractivity contribution < 1.29 is 18.0 Å². The molecule has 1 aliphatic heterocycles. The summed E-state index contributed by atoms with van der Waals surface area (Å²) in [6, 6.07) is 9.42. The van der Waals surface area contributed by atoms with E-state index < -0.39 is 28.9 Å². The molecule has 26 heavy (non-hydrogen) atoms. The van der Waals surface area contributed by atoms with Gasteiger partial charge in [0.25, 0.3) is 5.91 Å². The van der Waals surface area contributed by atoms with Crippen LogP contribution in [0.4, 0.5) is 13.2 Å². The van der Waals surface area contributed by atoms with Crippen LogP contribution >= 0.6 is 11.6 Å². The van der Waals surface area contributed by atoms with Gasteiger partial charge < -0.3 is 4.90 Å². The first-order valence-electron chi connectivity index (χ1n) is 8.35. The van der Waals surface area contributed by atoms with Gasteiger partial charge in [0.05, 0.1) is 5.56 Å². The topological polar surface area (TPSA) is 23.6 Å². The average molecular weight is 383 g/mol. The summed E-state index contributed by atoms with van der Waals surface area (Å²) >= 11 is 5.87.